The summed E-state index contributed by atoms with van der Waals surface area (Å²) in [6.07, 6.45) is 0. The molecule has 0 radical (unpaired) electrons. The van der Waals surface area contributed by atoms with Gasteiger partial charge >= 0.3 is 0 Å². The predicted octanol–water partition coefficient (Wildman–Crippen LogP) is 6.73. The maximum Gasteiger partial charge on any atom is 0.260 e. The average Bonchev–Trinajstić information content (AvgIpc) is 3.20. The lowest BCUT2D eigenvalue weighted by Crippen LogP contribution is -2.77. The molecule has 3 aliphatic heterocycles. The van der Waals surface area contributed by atoms with Crippen LogP contribution in [0.25, 0.3) is 10.8 Å². The first-order valence-corrected chi connectivity index (χ1v) is 19.6. The number of rotatable bonds is 3. The predicted molar refractivity (Wildman–Crippen MR) is 213 cm³/mol. The highest BCUT2D eigenvalue weighted by atomic mass is 28.3. The lowest BCUT2D eigenvalue weighted by molar-refractivity contribution is 0.465. The van der Waals surface area contributed by atoms with Crippen LogP contribution in [0.3, 0.4) is 0 Å². The van der Waals surface area contributed by atoms with E-state index < -0.39 is 8.07 Å². The van der Waals surface area contributed by atoms with Crippen molar-refractivity contribution in [1.82, 2.24) is 0 Å². The van der Waals surface area contributed by atoms with Gasteiger partial charge in [0.05, 0.1) is 5.69 Å². The zero-order valence-electron chi connectivity index (χ0n) is 27.7. The summed E-state index contributed by atoms with van der Waals surface area (Å²) in [6, 6.07) is 66.3. The molecule has 238 valence electrons. The van der Waals surface area contributed by atoms with E-state index in [4.69, 9.17) is 9.47 Å². The van der Waals surface area contributed by atoms with Gasteiger partial charge in [-0.15, -0.1) is 0 Å². The summed E-state index contributed by atoms with van der Waals surface area (Å²) in [7, 11) is -2.87. The number of benzene rings is 8. The van der Waals surface area contributed by atoms with E-state index >= 15 is 0 Å². The number of hydrogen-bond donors (Lipinski definition) is 0. The molecule has 0 atom stereocenters. The van der Waals surface area contributed by atoms with Crippen LogP contribution < -0.4 is 51.5 Å². The Balaban J connectivity index is 1.22. The first kappa shape index (κ1) is 28.5. The second-order valence-electron chi connectivity index (χ2n) is 13.6. The quantitative estimate of drug-likeness (QED) is 0.195. The van der Waals surface area contributed by atoms with Crippen molar-refractivity contribution < 1.29 is 9.47 Å². The van der Waals surface area contributed by atoms with Crippen LogP contribution in [-0.2, 0) is 0 Å². The molecule has 0 unspecified atom stereocenters. The number of ether oxygens (including phenoxy) is 2. The molecule has 0 fully saturated rings. The van der Waals surface area contributed by atoms with Crippen molar-refractivity contribution in [2.45, 2.75) is 0 Å². The van der Waals surface area contributed by atoms with Crippen molar-refractivity contribution in [3.63, 3.8) is 0 Å². The van der Waals surface area contributed by atoms with Gasteiger partial charge in [0.1, 0.15) is 23.0 Å². The molecule has 0 aliphatic carbocycles. The van der Waals surface area contributed by atoms with Crippen molar-refractivity contribution in [3.05, 3.63) is 182 Å². The van der Waals surface area contributed by atoms with Gasteiger partial charge in [-0.2, -0.15) is 0 Å². The summed E-state index contributed by atoms with van der Waals surface area (Å²) in [4.78, 5) is 2.46. The van der Waals surface area contributed by atoms with E-state index in [1.165, 1.54) is 42.9 Å². The Kier molecular flexibility index (Phi) is 6.07. The second-order valence-corrected chi connectivity index (χ2v) is 17.2. The standard InChI is InChI=1S/C46H30BNO2Si/c1-2-17-32(18-3-1)51(42-30-12-16-31-15-4-5-19-33(31)42)43-28-10-7-22-36(43)48(37-23-8-11-29-44(37)51)38-24-13-21-35-46(38)50-41-27-14-26-40-45(41)47(35)34-20-6-9-25-39(34)49-40/h1-30H. The van der Waals surface area contributed by atoms with E-state index in [9.17, 15) is 0 Å². The van der Waals surface area contributed by atoms with E-state index in [-0.39, 0.29) is 6.71 Å². The third kappa shape index (κ3) is 3.89. The Hall–Kier alpha value is -6.30. The van der Waals surface area contributed by atoms with Crippen molar-refractivity contribution in [1.29, 1.82) is 0 Å². The molecule has 8 aromatic rings. The molecule has 0 saturated carbocycles. The molecule has 3 heterocycles. The smallest absolute Gasteiger partial charge is 0.260 e. The number of fused-ring (bicyclic) bond motifs is 7. The molecule has 11 rings (SSSR count). The van der Waals surface area contributed by atoms with Crippen LogP contribution in [0.15, 0.2) is 182 Å². The molecule has 3 nitrogen and oxygen atoms in total. The number of para-hydroxylation sites is 4. The molecule has 5 heteroatoms. The Morgan fingerprint density at radius 3 is 1.78 bits per heavy atom. The maximum atomic E-state index is 7.02. The molecule has 0 spiro atoms. The van der Waals surface area contributed by atoms with E-state index in [2.05, 4.69) is 175 Å². The first-order valence-electron chi connectivity index (χ1n) is 17.6. The van der Waals surface area contributed by atoms with Gasteiger partial charge in [0, 0.05) is 16.8 Å². The van der Waals surface area contributed by atoms with Gasteiger partial charge < -0.3 is 14.4 Å². The topological polar surface area (TPSA) is 21.7 Å². The fourth-order valence-corrected chi connectivity index (χ4v) is 14.4. The van der Waals surface area contributed by atoms with Crippen LogP contribution in [-0.4, -0.2) is 14.8 Å². The highest BCUT2D eigenvalue weighted by molar-refractivity contribution is 7.22. The van der Waals surface area contributed by atoms with E-state index in [1.807, 2.05) is 12.1 Å². The van der Waals surface area contributed by atoms with Crippen molar-refractivity contribution in [3.8, 4) is 23.0 Å². The van der Waals surface area contributed by atoms with Gasteiger partial charge in [0.15, 0.2) is 8.07 Å². The van der Waals surface area contributed by atoms with Crippen LogP contribution in [0.1, 0.15) is 0 Å². The highest BCUT2D eigenvalue weighted by Gasteiger charge is 2.50. The fourth-order valence-electron chi connectivity index (χ4n) is 9.07. The molecular formula is C46H30BNO2Si. The Labute approximate surface area is 298 Å². The van der Waals surface area contributed by atoms with Crippen LogP contribution in [0, 0.1) is 0 Å². The van der Waals surface area contributed by atoms with Crippen molar-refractivity contribution >= 4 is 79.8 Å². The van der Waals surface area contributed by atoms with Gasteiger partial charge in [0.2, 0.25) is 0 Å². The van der Waals surface area contributed by atoms with Gasteiger partial charge in [-0.25, -0.2) is 0 Å². The van der Waals surface area contributed by atoms with Gasteiger partial charge in [0.25, 0.3) is 6.71 Å². The molecule has 0 saturated heterocycles. The van der Waals surface area contributed by atoms with Crippen molar-refractivity contribution in [2.24, 2.45) is 0 Å². The highest BCUT2D eigenvalue weighted by Crippen LogP contribution is 2.45. The van der Waals surface area contributed by atoms with E-state index in [1.54, 1.807) is 0 Å². The van der Waals surface area contributed by atoms with Crippen LogP contribution in [0.2, 0.25) is 0 Å². The maximum absolute atomic E-state index is 7.02. The molecule has 51 heavy (non-hydrogen) atoms. The summed E-state index contributed by atoms with van der Waals surface area (Å²) < 4.78 is 13.5. The molecule has 3 aliphatic rings. The molecule has 0 N–H and O–H groups in total. The van der Waals surface area contributed by atoms with E-state index in [0.717, 1.165) is 45.1 Å². The minimum atomic E-state index is -2.87. The normalized spacial score (nSPS) is 14.3. The minimum Gasteiger partial charge on any atom is -0.458 e. The summed E-state index contributed by atoms with van der Waals surface area (Å²) in [6.45, 7) is -0.00593. The molecule has 0 aromatic heterocycles. The molecule has 0 bridgehead atoms. The van der Waals surface area contributed by atoms with Crippen molar-refractivity contribution in [2.75, 3.05) is 4.90 Å². The number of anilines is 3. The number of hydrogen-bond acceptors (Lipinski definition) is 3. The summed E-state index contributed by atoms with van der Waals surface area (Å²) >= 11 is 0. The minimum absolute atomic E-state index is 0.00593. The second kappa shape index (κ2) is 10.8. The lowest BCUT2D eigenvalue weighted by Gasteiger charge is -2.46. The number of nitrogens with zero attached hydrogens (tertiary/aromatic N) is 1. The summed E-state index contributed by atoms with van der Waals surface area (Å²) in [5.41, 5.74) is 6.79. The third-order valence-corrected chi connectivity index (χ3v) is 16.0. The van der Waals surface area contributed by atoms with E-state index in [0.29, 0.717) is 0 Å². The monoisotopic (exact) mass is 667 g/mol. The SMILES string of the molecule is c1ccc([Si]2(c3cccc4ccccc34)c3ccccc3N(c3cccc4c3Oc3cccc5c3B4c3ccccc3O5)c3ccccc32)cc1. The van der Waals surface area contributed by atoms with Crippen LogP contribution in [0.4, 0.5) is 17.1 Å². The van der Waals surface area contributed by atoms with Crippen LogP contribution in [0.5, 0.6) is 23.0 Å². The largest absolute Gasteiger partial charge is 0.458 e. The van der Waals surface area contributed by atoms with Gasteiger partial charge in [-0.3, -0.25) is 0 Å². The Morgan fingerprint density at radius 2 is 0.961 bits per heavy atom. The summed E-state index contributed by atoms with van der Waals surface area (Å²) in [5.74, 6) is 3.48. The summed E-state index contributed by atoms with van der Waals surface area (Å²) in [5, 5.41) is 8.05. The van der Waals surface area contributed by atoms with Crippen LogP contribution >= 0.6 is 0 Å². The first-order chi connectivity index (χ1) is 25.3. The third-order valence-electron chi connectivity index (χ3n) is 11.1. The van der Waals surface area contributed by atoms with Gasteiger partial charge in [-0.05, 0) is 78.8 Å². The fraction of sp³-hybridized carbons (Fsp3) is 0. The van der Waals surface area contributed by atoms with Gasteiger partial charge in [-0.1, -0.05) is 146 Å². The Bertz CT molecular complexity index is 2640. The Morgan fingerprint density at radius 1 is 0.412 bits per heavy atom. The molecule has 8 aromatic carbocycles. The lowest BCUT2D eigenvalue weighted by atomic mass is 9.35. The molecular weight excluding hydrogens is 637 g/mol. The molecule has 0 amide bonds. The zero-order chi connectivity index (χ0) is 33.5. The zero-order valence-corrected chi connectivity index (χ0v) is 28.7. The average molecular weight is 668 g/mol.